The molecular formula is C21H25NO3. The van der Waals surface area contributed by atoms with Crippen molar-refractivity contribution in [2.45, 2.75) is 43.6 Å². The van der Waals surface area contributed by atoms with Crippen LogP contribution >= 0.6 is 0 Å². The molecule has 2 saturated heterocycles. The summed E-state index contributed by atoms with van der Waals surface area (Å²) < 4.78 is 11.5. The molecule has 0 aromatic heterocycles. The van der Waals surface area contributed by atoms with Crippen molar-refractivity contribution in [3.05, 3.63) is 65.7 Å². The van der Waals surface area contributed by atoms with Crippen LogP contribution in [0.15, 0.2) is 54.6 Å². The van der Waals surface area contributed by atoms with Crippen LogP contribution in [-0.4, -0.2) is 36.0 Å². The summed E-state index contributed by atoms with van der Waals surface area (Å²) in [4.78, 5) is 0. The van der Waals surface area contributed by atoms with E-state index in [2.05, 4.69) is 29.6 Å². The molecule has 4 rings (SSSR count). The Balaban J connectivity index is 1.41. The van der Waals surface area contributed by atoms with E-state index in [1.165, 1.54) is 0 Å². The van der Waals surface area contributed by atoms with Crippen LogP contribution in [0.5, 0.6) is 5.75 Å². The topological polar surface area (TPSA) is 50.7 Å². The quantitative estimate of drug-likeness (QED) is 0.879. The van der Waals surface area contributed by atoms with Crippen molar-refractivity contribution in [3.8, 4) is 5.75 Å². The van der Waals surface area contributed by atoms with Gasteiger partial charge in [-0.2, -0.15) is 0 Å². The molecule has 2 unspecified atom stereocenters. The first kappa shape index (κ1) is 16.6. The average molecular weight is 339 g/mol. The van der Waals surface area contributed by atoms with Crippen molar-refractivity contribution in [3.63, 3.8) is 0 Å². The molecule has 2 aliphatic heterocycles. The number of nitrogens with one attached hydrogen (secondary N) is 1. The molecule has 25 heavy (non-hydrogen) atoms. The normalized spacial score (nSPS) is 28.5. The molecule has 2 N–H and O–H groups in total. The second-order valence-corrected chi connectivity index (χ2v) is 7.33. The summed E-state index contributed by atoms with van der Waals surface area (Å²) in [6.07, 6.45) is 2.13. The Morgan fingerprint density at radius 2 is 1.72 bits per heavy atom. The van der Waals surface area contributed by atoms with Gasteiger partial charge in [0.05, 0.1) is 18.8 Å². The van der Waals surface area contributed by atoms with Gasteiger partial charge in [0.2, 0.25) is 0 Å². The number of aliphatic hydroxyl groups is 1. The van der Waals surface area contributed by atoms with Crippen molar-refractivity contribution in [1.82, 2.24) is 5.32 Å². The van der Waals surface area contributed by atoms with Gasteiger partial charge in [0.1, 0.15) is 12.4 Å². The van der Waals surface area contributed by atoms with Crippen LogP contribution in [0.4, 0.5) is 0 Å². The summed E-state index contributed by atoms with van der Waals surface area (Å²) in [5.41, 5.74) is 1.61. The zero-order valence-corrected chi connectivity index (χ0v) is 14.4. The second-order valence-electron chi connectivity index (χ2n) is 7.33. The fourth-order valence-corrected chi connectivity index (χ4v) is 4.03. The molecular weight excluding hydrogens is 314 g/mol. The lowest BCUT2D eigenvalue weighted by molar-refractivity contribution is -0.0755. The Bertz CT molecular complexity index is 691. The third-order valence-corrected chi connectivity index (χ3v) is 5.04. The maximum atomic E-state index is 11.1. The standard InChI is InChI=1S/C21H25NO3/c23-21(11-18-14-24-15-19(12-21)22-18)10-17-7-4-8-20(9-17)25-13-16-5-2-1-3-6-16/h1-9,18-19,22-23H,10-15H2. The summed E-state index contributed by atoms with van der Waals surface area (Å²) in [6, 6.07) is 18.8. The van der Waals surface area contributed by atoms with Crippen LogP contribution in [0.25, 0.3) is 0 Å². The van der Waals surface area contributed by atoms with E-state index in [4.69, 9.17) is 9.47 Å². The van der Waals surface area contributed by atoms with Gasteiger partial charge in [0, 0.05) is 18.5 Å². The summed E-state index contributed by atoms with van der Waals surface area (Å²) in [6.45, 7) is 1.94. The number of hydrogen-bond acceptors (Lipinski definition) is 4. The van der Waals surface area contributed by atoms with Crippen molar-refractivity contribution in [2.75, 3.05) is 13.2 Å². The van der Waals surface area contributed by atoms with E-state index < -0.39 is 5.60 Å². The number of rotatable bonds is 5. The summed E-state index contributed by atoms with van der Waals surface area (Å²) in [7, 11) is 0. The monoisotopic (exact) mass is 339 g/mol. The van der Waals surface area contributed by atoms with Crippen LogP contribution < -0.4 is 10.1 Å². The molecule has 0 aliphatic carbocycles. The Hall–Kier alpha value is -1.88. The van der Waals surface area contributed by atoms with Gasteiger partial charge in [-0.3, -0.25) is 0 Å². The molecule has 0 amide bonds. The lowest BCUT2D eigenvalue weighted by atomic mass is 9.79. The first-order chi connectivity index (χ1) is 12.2. The largest absolute Gasteiger partial charge is 0.489 e. The Morgan fingerprint density at radius 3 is 2.48 bits per heavy atom. The minimum atomic E-state index is -0.664. The minimum absolute atomic E-state index is 0.259. The zero-order chi connectivity index (χ0) is 17.1. The number of hydrogen-bond donors (Lipinski definition) is 2. The van der Waals surface area contributed by atoms with E-state index in [1.54, 1.807) is 0 Å². The van der Waals surface area contributed by atoms with Crippen LogP contribution in [0.1, 0.15) is 24.0 Å². The molecule has 2 bridgehead atoms. The van der Waals surface area contributed by atoms with Gasteiger partial charge < -0.3 is 19.9 Å². The van der Waals surface area contributed by atoms with E-state index in [0.29, 0.717) is 26.2 Å². The van der Waals surface area contributed by atoms with Gasteiger partial charge in [-0.25, -0.2) is 0 Å². The molecule has 4 heteroatoms. The minimum Gasteiger partial charge on any atom is -0.489 e. The zero-order valence-electron chi connectivity index (χ0n) is 14.4. The van der Waals surface area contributed by atoms with Gasteiger partial charge in [0.25, 0.3) is 0 Å². The molecule has 2 aromatic rings. The van der Waals surface area contributed by atoms with Gasteiger partial charge in [-0.15, -0.1) is 0 Å². The molecule has 0 saturated carbocycles. The van der Waals surface area contributed by atoms with E-state index in [0.717, 1.165) is 29.7 Å². The summed E-state index contributed by atoms with van der Waals surface area (Å²) >= 11 is 0. The van der Waals surface area contributed by atoms with Crippen LogP contribution in [0.3, 0.4) is 0 Å². The maximum absolute atomic E-state index is 11.1. The van der Waals surface area contributed by atoms with E-state index >= 15 is 0 Å². The van der Waals surface area contributed by atoms with Gasteiger partial charge >= 0.3 is 0 Å². The predicted octanol–water partition coefficient (Wildman–Crippen LogP) is 2.69. The third-order valence-electron chi connectivity index (χ3n) is 5.04. The molecule has 2 aliphatic rings. The average Bonchev–Trinajstić information content (AvgIpc) is 2.60. The lowest BCUT2D eigenvalue weighted by Gasteiger charge is -2.45. The number of piperidine rings is 1. The summed E-state index contributed by atoms with van der Waals surface area (Å²) in [5.74, 6) is 0.849. The molecule has 132 valence electrons. The number of ether oxygens (including phenoxy) is 2. The second kappa shape index (κ2) is 7.16. The van der Waals surface area contributed by atoms with Gasteiger partial charge in [0.15, 0.2) is 0 Å². The molecule has 0 spiro atoms. The highest BCUT2D eigenvalue weighted by atomic mass is 16.5. The molecule has 0 radical (unpaired) electrons. The first-order valence-electron chi connectivity index (χ1n) is 9.00. The van der Waals surface area contributed by atoms with Crippen molar-refractivity contribution < 1.29 is 14.6 Å². The van der Waals surface area contributed by atoms with Crippen LogP contribution in [0, 0.1) is 0 Å². The third kappa shape index (κ3) is 4.21. The highest BCUT2D eigenvalue weighted by Gasteiger charge is 2.41. The Labute approximate surface area is 148 Å². The molecule has 2 fully saturated rings. The molecule has 2 atom stereocenters. The first-order valence-corrected chi connectivity index (χ1v) is 9.00. The summed E-state index contributed by atoms with van der Waals surface area (Å²) in [5, 5.41) is 14.6. The highest BCUT2D eigenvalue weighted by Crippen LogP contribution is 2.31. The predicted molar refractivity (Wildman–Crippen MR) is 96.6 cm³/mol. The number of morpholine rings is 1. The van der Waals surface area contributed by atoms with E-state index in [1.807, 2.05) is 30.3 Å². The van der Waals surface area contributed by atoms with Crippen LogP contribution in [0.2, 0.25) is 0 Å². The number of fused-ring (bicyclic) bond motifs is 2. The van der Waals surface area contributed by atoms with Gasteiger partial charge in [-0.05, 0) is 36.1 Å². The number of benzene rings is 2. The Kier molecular flexibility index (Phi) is 4.75. The van der Waals surface area contributed by atoms with E-state index in [9.17, 15) is 5.11 Å². The van der Waals surface area contributed by atoms with Gasteiger partial charge in [-0.1, -0.05) is 42.5 Å². The molecule has 2 heterocycles. The SMILES string of the molecule is OC1(Cc2cccc(OCc3ccccc3)c2)CC2COCC(C1)N2. The van der Waals surface area contributed by atoms with Crippen LogP contribution in [-0.2, 0) is 17.8 Å². The molecule has 4 nitrogen and oxygen atoms in total. The lowest BCUT2D eigenvalue weighted by Crippen LogP contribution is -2.60. The molecule has 2 aromatic carbocycles. The van der Waals surface area contributed by atoms with Crippen molar-refractivity contribution >= 4 is 0 Å². The smallest absolute Gasteiger partial charge is 0.120 e. The van der Waals surface area contributed by atoms with Crippen molar-refractivity contribution in [2.24, 2.45) is 0 Å². The maximum Gasteiger partial charge on any atom is 0.120 e. The Morgan fingerprint density at radius 1 is 1.00 bits per heavy atom. The fraction of sp³-hybridized carbons (Fsp3) is 0.429. The highest BCUT2D eigenvalue weighted by molar-refractivity contribution is 5.30. The van der Waals surface area contributed by atoms with E-state index in [-0.39, 0.29) is 12.1 Å². The van der Waals surface area contributed by atoms with Crippen molar-refractivity contribution in [1.29, 1.82) is 0 Å². The fourth-order valence-electron chi connectivity index (χ4n) is 4.03.